The third kappa shape index (κ3) is 1.45. The van der Waals surface area contributed by atoms with Crippen molar-refractivity contribution in [2.45, 2.75) is 6.42 Å². The monoisotopic (exact) mass is 170 g/mol. The fourth-order valence-electron chi connectivity index (χ4n) is 1.55. The molecule has 1 aromatic carbocycles. The number of allylic oxidation sites excluding steroid dienone is 3. The predicted octanol–water partition coefficient (Wildman–Crippen LogP) is 2.62. The van der Waals surface area contributed by atoms with Gasteiger partial charge >= 0.3 is 0 Å². The molecular formula is C12H10O. The van der Waals surface area contributed by atoms with Gasteiger partial charge in [0.25, 0.3) is 0 Å². The highest BCUT2D eigenvalue weighted by Crippen LogP contribution is 2.18. The van der Waals surface area contributed by atoms with Crippen molar-refractivity contribution >= 4 is 12.4 Å². The van der Waals surface area contributed by atoms with Crippen molar-refractivity contribution in [2.24, 2.45) is 0 Å². The second kappa shape index (κ2) is 3.40. The largest absolute Gasteiger partial charge is 0.298 e. The molecule has 1 heteroatoms. The minimum Gasteiger partial charge on any atom is -0.298 e. The average molecular weight is 170 g/mol. The number of hydrogen-bond acceptors (Lipinski definition) is 1. The highest BCUT2D eigenvalue weighted by molar-refractivity contribution is 5.80. The maximum atomic E-state index is 10.7. The number of hydrogen-bond donors (Lipinski definition) is 0. The zero-order valence-corrected chi connectivity index (χ0v) is 7.23. The van der Waals surface area contributed by atoms with E-state index in [0.29, 0.717) is 0 Å². The van der Waals surface area contributed by atoms with Crippen molar-refractivity contribution < 1.29 is 4.79 Å². The third-order valence-electron chi connectivity index (χ3n) is 2.22. The van der Waals surface area contributed by atoms with E-state index in [1.165, 1.54) is 0 Å². The Morgan fingerprint density at radius 1 is 1.23 bits per heavy atom. The standard InChI is InChI=1S/C12H10O/c13-9-11-7-4-6-10-5-2-1-3-8-12(10)11/h1-7,9H,8H2. The molecule has 0 atom stereocenters. The normalized spacial score (nSPS) is 13.5. The van der Waals surface area contributed by atoms with Gasteiger partial charge in [-0.1, -0.05) is 42.5 Å². The number of carbonyl (C=O) groups excluding carboxylic acids is 1. The van der Waals surface area contributed by atoms with E-state index in [2.05, 4.69) is 6.08 Å². The molecule has 0 unspecified atom stereocenters. The average Bonchev–Trinajstić information content (AvgIpc) is 2.41. The lowest BCUT2D eigenvalue weighted by Gasteiger charge is -2.04. The van der Waals surface area contributed by atoms with E-state index in [4.69, 9.17) is 0 Å². The number of fused-ring (bicyclic) bond motifs is 1. The fourth-order valence-corrected chi connectivity index (χ4v) is 1.55. The number of benzene rings is 1. The maximum absolute atomic E-state index is 10.7. The third-order valence-corrected chi connectivity index (χ3v) is 2.22. The first-order chi connectivity index (χ1) is 6.42. The summed E-state index contributed by atoms with van der Waals surface area (Å²) in [4.78, 5) is 10.7. The summed E-state index contributed by atoms with van der Waals surface area (Å²) >= 11 is 0. The van der Waals surface area contributed by atoms with E-state index < -0.39 is 0 Å². The Bertz CT molecular complexity index is 386. The van der Waals surface area contributed by atoms with Crippen LogP contribution >= 0.6 is 0 Å². The molecule has 1 aliphatic rings. The molecule has 0 amide bonds. The van der Waals surface area contributed by atoms with Gasteiger partial charge in [0.2, 0.25) is 0 Å². The number of carbonyl (C=O) groups is 1. The topological polar surface area (TPSA) is 17.1 Å². The zero-order valence-electron chi connectivity index (χ0n) is 7.23. The maximum Gasteiger partial charge on any atom is 0.150 e. The summed E-state index contributed by atoms with van der Waals surface area (Å²) in [5.74, 6) is 0. The molecule has 1 nitrogen and oxygen atoms in total. The van der Waals surface area contributed by atoms with Crippen LogP contribution in [-0.2, 0) is 6.42 Å². The van der Waals surface area contributed by atoms with Crippen LogP contribution in [0.1, 0.15) is 21.5 Å². The van der Waals surface area contributed by atoms with Crippen LogP contribution in [-0.4, -0.2) is 6.29 Å². The van der Waals surface area contributed by atoms with E-state index >= 15 is 0 Å². The molecule has 1 aliphatic carbocycles. The lowest BCUT2D eigenvalue weighted by Crippen LogP contribution is -1.93. The molecule has 64 valence electrons. The summed E-state index contributed by atoms with van der Waals surface area (Å²) in [7, 11) is 0. The van der Waals surface area contributed by atoms with Crippen LogP contribution in [0.2, 0.25) is 0 Å². The molecule has 13 heavy (non-hydrogen) atoms. The number of rotatable bonds is 1. The molecule has 0 bridgehead atoms. The summed E-state index contributed by atoms with van der Waals surface area (Å²) in [5.41, 5.74) is 3.07. The van der Waals surface area contributed by atoms with Gasteiger partial charge in [0.05, 0.1) is 0 Å². The minimum absolute atomic E-state index is 0.800. The second-order valence-electron chi connectivity index (χ2n) is 3.02. The molecule has 0 aliphatic heterocycles. The molecule has 0 N–H and O–H groups in total. The van der Waals surface area contributed by atoms with Gasteiger partial charge in [0, 0.05) is 5.56 Å². The Balaban J connectivity index is 2.61. The van der Waals surface area contributed by atoms with Gasteiger partial charge in [-0.2, -0.15) is 0 Å². The van der Waals surface area contributed by atoms with Gasteiger partial charge in [0.15, 0.2) is 0 Å². The van der Waals surface area contributed by atoms with Crippen LogP contribution in [0.3, 0.4) is 0 Å². The Kier molecular flexibility index (Phi) is 2.09. The van der Waals surface area contributed by atoms with Gasteiger partial charge in [0.1, 0.15) is 6.29 Å². The molecule has 0 heterocycles. The molecule has 0 saturated carbocycles. The van der Waals surface area contributed by atoms with Crippen LogP contribution in [0.25, 0.3) is 6.08 Å². The van der Waals surface area contributed by atoms with Crippen molar-refractivity contribution in [3.63, 3.8) is 0 Å². The highest BCUT2D eigenvalue weighted by atomic mass is 16.1. The molecule has 0 fully saturated rings. The summed E-state index contributed by atoms with van der Waals surface area (Å²) in [6, 6.07) is 5.81. The van der Waals surface area contributed by atoms with Crippen LogP contribution < -0.4 is 0 Å². The van der Waals surface area contributed by atoms with Gasteiger partial charge in [-0.25, -0.2) is 0 Å². The molecule has 0 radical (unpaired) electrons. The Morgan fingerprint density at radius 3 is 3.00 bits per heavy atom. The summed E-state index contributed by atoms with van der Waals surface area (Å²) in [6.45, 7) is 0. The lowest BCUT2D eigenvalue weighted by atomic mass is 10.00. The zero-order chi connectivity index (χ0) is 9.10. The first kappa shape index (κ1) is 7.99. The summed E-state index contributed by atoms with van der Waals surface area (Å²) in [6.07, 6.45) is 9.87. The van der Waals surface area contributed by atoms with E-state index in [1.54, 1.807) is 0 Å². The fraction of sp³-hybridized carbons (Fsp3) is 0.0833. The Labute approximate surface area is 77.4 Å². The van der Waals surface area contributed by atoms with E-state index in [-0.39, 0.29) is 0 Å². The van der Waals surface area contributed by atoms with Gasteiger partial charge in [-0.05, 0) is 17.5 Å². The van der Waals surface area contributed by atoms with Gasteiger partial charge in [-0.3, -0.25) is 4.79 Å². The molecule has 0 spiro atoms. The van der Waals surface area contributed by atoms with E-state index in [9.17, 15) is 4.79 Å². The summed E-state index contributed by atoms with van der Waals surface area (Å²) < 4.78 is 0. The Hall–Kier alpha value is -1.63. The van der Waals surface area contributed by atoms with Gasteiger partial charge < -0.3 is 0 Å². The molecule has 0 aromatic heterocycles. The minimum atomic E-state index is 0.800. The van der Waals surface area contributed by atoms with Crippen LogP contribution in [0.15, 0.2) is 36.4 Å². The first-order valence-electron chi connectivity index (χ1n) is 4.32. The predicted molar refractivity (Wildman–Crippen MR) is 53.7 cm³/mol. The SMILES string of the molecule is O=Cc1cccc2c1CC=CC=C2. The molecule has 0 saturated heterocycles. The molecular weight excluding hydrogens is 160 g/mol. The second-order valence-corrected chi connectivity index (χ2v) is 3.02. The highest BCUT2D eigenvalue weighted by Gasteiger charge is 2.04. The lowest BCUT2D eigenvalue weighted by molar-refractivity contribution is 0.112. The number of aldehydes is 1. The Morgan fingerprint density at radius 2 is 2.15 bits per heavy atom. The van der Waals surface area contributed by atoms with Crippen LogP contribution in [0, 0.1) is 0 Å². The van der Waals surface area contributed by atoms with Crippen molar-refractivity contribution in [1.82, 2.24) is 0 Å². The van der Waals surface area contributed by atoms with Crippen molar-refractivity contribution in [3.8, 4) is 0 Å². The van der Waals surface area contributed by atoms with Gasteiger partial charge in [-0.15, -0.1) is 0 Å². The molecule has 1 aromatic rings. The van der Waals surface area contributed by atoms with Crippen molar-refractivity contribution in [3.05, 3.63) is 53.1 Å². The van der Waals surface area contributed by atoms with Crippen LogP contribution in [0.4, 0.5) is 0 Å². The van der Waals surface area contributed by atoms with Crippen molar-refractivity contribution in [2.75, 3.05) is 0 Å². The van der Waals surface area contributed by atoms with E-state index in [0.717, 1.165) is 29.4 Å². The summed E-state index contributed by atoms with van der Waals surface area (Å²) in [5, 5.41) is 0. The molecule has 2 rings (SSSR count). The van der Waals surface area contributed by atoms with E-state index in [1.807, 2.05) is 36.4 Å². The van der Waals surface area contributed by atoms with Crippen molar-refractivity contribution in [1.29, 1.82) is 0 Å². The van der Waals surface area contributed by atoms with Crippen LogP contribution in [0.5, 0.6) is 0 Å². The first-order valence-corrected chi connectivity index (χ1v) is 4.32. The quantitative estimate of drug-likeness (QED) is 0.592. The smallest absolute Gasteiger partial charge is 0.150 e.